The second-order valence-corrected chi connectivity index (χ2v) is 9.18. The molecule has 27 heavy (non-hydrogen) atoms. The van der Waals surface area contributed by atoms with E-state index in [0.29, 0.717) is 35.0 Å². The lowest BCUT2D eigenvalue weighted by Gasteiger charge is -2.40. The molecular formula is C19H25F2N3O2S. The van der Waals surface area contributed by atoms with Crippen LogP contribution in [0.1, 0.15) is 36.7 Å². The van der Waals surface area contributed by atoms with E-state index in [-0.39, 0.29) is 19.0 Å². The summed E-state index contributed by atoms with van der Waals surface area (Å²) in [4.78, 5) is 20.7. The summed E-state index contributed by atoms with van der Waals surface area (Å²) in [7, 11) is 0. The van der Waals surface area contributed by atoms with E-state index < -0.39 is 5.92 Å². The van der Waals surface area contributed by atoms with Crippen molar-refractivity contribution in [1.82, 2.24) is 9.88 Å². The Morgan fingerprint density at radius 1 is 1.33 bits per heavy atom. The Morgan fingerprint density at radius 3 is 2.78 bits per heavy atom. The third-order valence-corrected chi connectivity index (χ3v) is 6.42. The van der Waals surface area contributed by atoms with Gasteiger partial charge in [-0.05, 0) is 43.1 Å². The van der Waals surface area contributed by atoms with E-state index in [1.165, 1.54) is 0 Å². The molecule has 0 N–H and O–H groups in total. The quantitative estimate of drug-likeness (QED) is 0.707. The second kappa shape index (κ2) is 7.45. The molecule has 0 bridgehead atoms. The van der Waals surface area contributed by atoms with Crippen molar-refractivity contribution < 1.29 is 18.3 Å². The fourth-order valence-corrected chi connectivity index (χ4v) is 4.54. The Bertz CT molecular complexity index is 706. The SMILES string of the molecule is CCS[C@H]1CCN(C(=O)c2ccc(N3CC(F)(F)C3)c(OCC3CC3)n2)C1. The summed E-state index contributed by atoms with van der Waals surface area (Å²) in [6.07, 6.45) is 3.25. The van der Waals surface area contributed by atoms with Crippen LogP contribution in [0.2, 0.25) is 0 Å². The maximum Gasteiger partial charge on any atom is 0.282 e. The topological polar surface area (TPSA) is 45.7 Å². The minimum atomic E-state index is -2.66. The normalized spacial score (nSPS) is 24.0. The van der Waals surface area contributed by atoms with Gasteiger partial charge < -0.3 is 14.5 Å². The highest BCUT2D eigenvalue weighted by atomic mass is 32.2. The number of hydrogen-bond acceptors (Lipinski definition) is 5. The highest BCUT2D eigenvalue weighted by molar-refractivity contribution is 7.99. The van der Waals surface area contributed by atoms with Gasteiger partial charge in [0.05, 0.1) is 19.7 Å². The van der Waals surface area contributed by atoms with Crippen molar-refractivity contribution in [2.24, 2.45) is 5.92 Å². The molecule has 0 unspecified atom stereocenters. The van der Waals surface area contributed by atoms with Crippen LogP contribution >= 0.6 is 11.8 Å². The van der Waals surface area contributed by atoms with Gasteiger partial charge in [-0.2, -0.15) is 11.8 Å². The molecule has 5 nitrogen and oxygen atoms in total. The first kappa shape index (κ1) is 18.8. The van der Waals surface area contributed by atoms with E-state index in [0.717, 1.165) is 38.1 Å². The molecule has 4 rings (SSSR count). The summed E-state index contributed by atoms with van der Waals surface area (Å²) in [6.45, 7) is 3.46. The van der Waals surface area contributed by atoms with Gasteiger partial charge >= 0.3 is 0 Å². The zero-order valence-electron chi connectivity index (χ0n) is 15.5. The molecule has 1 atom stereocenters. The number of pyridine rings is 1. The van der Waals surface area contributed by atoms with Crippen LogP contribution in [0.5, 0.6) is 5.88 Å². The smallest absolute Gasteiger partial charge is 0.282 e. The monoisotopic (exact) mass is 397 g/mol. The highest BCUT2D eigenvalue weighted by Crippen LogP contribution is 2.38. The molecule has 1 aliphatic carbocycles. The minimum absolute atomic E-state index is 0.106. The number of rotatable bonds is 7. The first-order valence-corrected chi connectivity index (χ1v) is 10.7. The lowest BCUT2D eigenvalue weighted by molar-refractivity contribution is -0.0265. The van der Waals surface area contributed by atoms with Crippen LogP contribution in [0.3, 0.4) is 0 Å². The van der Waals surface area contributed by atoms with Crippen molar-refractivity contribution in [2.45, 2.75) is 37.4 Å². The number of nitrogens with zero attached hydrogens (tertiary/aromatic N) is 3. The zero-order chi connectivity index (χ0) is 19.0. The lowest BCUT2D eigenvalue weighted by atomic mass is 10.1. The molecule has 2 aliphatic heterocycles. The molecule has 0 aromatic carbocycles. The van der Waals surface area contributed by atoms with E-state index in [1.807, 2.05) is 16.7 Å². The number of halogens is 2. The Morgan fingerprint density at radius 2 is 2.11 bits per heavy atom. The van der Waals surface area contributed by atoms with Gasteiger partial charge in [-0.1, -0.05) is 6.92 Å². The molecule has 148 valence electrons. The number of thioether (sulfide) groups is 1. The van der Waals surface area contributed by atoms with Crippen molar-refractivity contribution >= 4 is 23.4 Å². The summed E-state index contributed by atoms with van der Waals surface area (Å²) in [5.74, 6) is -0.904. The van der Waals surface area contributed by atoms with Crippen molar-refractivity contribution in [3.63, 3.8) is 0 Å². The summed E-state index contributed by atoms with van der Waals surface area (Å²) in [6, 6.07) is 3.34. The van der Waals surface area contributed by atoms with Crippen LogP contribution in [-0.2, 0) is 0 Å². The zero-order valence-corrected chi connectivity index (χ0v) is 16.3. The predicted molar refractivity (Wildman–Crippen MR) is 102 cm³/mol. The first-order chi connectivity index (χ1) is 12.9. The number of amides is 1. The van der Waals surface area contributed by atoms with Gasteiger partial charge in [0, 0.05) is 18.3 Å². The maximum absolute atomic E-state index is 13.3. The number of ether oxygens (including phenoxy) is 1. The van der Waals surface area contributed by atoms with Gasteiger partial charge in [0.15, 0.2) is 0 Å². The second-order valence-electron chi connectivity index (χ2n) is 7.60. The molecule has 1 aromatic heterocycles. The number of alkyl halides is 2. The molecule has 1 amide bonds. The van der Waals surface area contributed by atoms with Crippen molar-refractivity contribution in [1.29, 1.82) is 0 Å². The fourth-order valence-electron chi connectivity index (χ4n) is 3.51. The van der Waals surface area contributed by atoms with Crippen LogP contribution in [0.25, 0.3) is 0 Å². The molecule has 3 heterocycles. The Kier molecular flexibility index (Phi) is 5.18. The number of aromatic nitrogens is 1. The van der Waals surface area contributed by atoms with E-state index in [4.69, 9.17) is 4.74 Å². The van der Waals surface area contributed by atoms with Gasteiger partial charge in [0.1, 0.15) is 11.4 Å². The third-order valence-electron chi connectivity index (χ3n) is 5.23. The molecule has 0 spiro atoms. The summed E-state index contributed by atoms with van der Waals surface area (Å²) >= 11 is 1.88. The Labute approximate surface area is 162 Å². The highest BCUT2D eigenvalue weighted by Gasteiger charge is 2.45. The van der Waals surface area contributed by atoms with E-state index in [2.05, 4.69) is 11.9 Å². The predicted octanol–water partition coefficient (Wildman–Crippen LogP) is 3.29. The standard InChI is InChI=1S/C19H25F2N3O2S/c1-2-27-14-7-8-23(9-14)18(25)15-5-6-16(24-11-19(20,21)12-24)17(22-15)26-10-13-3-4-13/h5-6,13-14H,2-4,7-12H2,1H3/t14-/m0/s1. The molecule has 0 radical (unpaired) electrons. The van der Waals surface area contributed by atoms with Crippen molar-refractivity contribution in [2.75, 3.05) is 43.4 Å². The van der Waals surface area contributed by atoms with Gasteiger partial charge in [-0.15, -0.1) is 0 Å². The molecule has 2 saturated heterocycles. The van der Waals surface area contributed by atoms with E-state index in [1.54, 1.807) is 17.0 Å². The van der Waals surface area contributed by atoms with Gasteiger partial charge in [-0.25, -0.2) is 13.8 Å². The molecule has 3 aliphatic rings. The maximum atomic E-state index is 13.3. The minimum Gasteiger partial charge on any atom is -0.476 e. The van der Waals surface area contributed by atoms with Crippen LogP contribution < -0.4 is 9.64 Å². The number of carbonyl (C=O) groups excluding carboxylic acids is 1. The summed E-state index contributed by atoms with van der Waals surface area (Å²) in [5, 5.41) is 0.479. The van der Waals surface area contributed by atoms with Gasteiger partial charge in [0.2, 0.25) is 5.88 Å². The molecule has 8 heteroatoms. The number of anilines is 1. The number of likely N-dealkylation sites (tertiary alicyclic amines) is 1. The van der Waals surface area contributed by atoms with Crippen LogP contribution in [0.4, 0.5) is 14.5 Å². The van der Waals surface area contributed by atoms with E-state index >= 15 is 0 Å². The number of hydrogen-bond donors (Lipinski definition) is 0. The average Bonchev–Trinajstić information content (AvgIpc) is 3.34. The summed E-state index contributed by atoms with van der Waals surface area (Å²) in [5.41, 5.74) is 0.887. The van der Waals surface area contributed by atoms with Crippen LogP contribution in [0.15, 0.2) is 12.1 Å². The average molecular weight is 397 g/mol. The number of carbonyl (C=O) groups is 1. The molecule has 3 fully saturated rings. The lowest BCUT2D eigenvalue weighted by Crippen LogP contribution is -2.56. The van der Waals surface area contributed by atoms with Crippen LogP contribution in [-0.4, -0.2) is 65.5 Å². The molecule has 1 aromatic rings. The largest absolute Gasteiger partial charge is 0.476 e. The fraction of sp³-hybridized carbons (Fsp3) is 0.684. The van der Waals surface area contributed by atoms with Gasteiger partial charge in [-0.3, -0.25) is 4.79 Å². The first-order valence-electron chi connectivity index (χ1n) is 9.62. The Hall–Kier alpha value is -1.57. The van der Waals surface area contributed by atoms with Crippen molar-refractivity contribution in [3.8, 4) is 5.88 Å². The summed E-state index contributed by atoms with van der Waals surface area (Å²) < 4.78 is 32.4. The molecule has 1 saturated carbocycles. The molecular weight excluding hydrogens is 372 g/mol. The van der Waals surface area contributed by atoms with Crippen LogP contribution in [0, 0.1) is 5.92 Å². The van der Waals surface area contributed by atoms with E-state index in [9.17, 15) is 13.6 Å². The Balaban J connectivity index is 1.49. The third kappa shape index (κ3) is 4.31. The van der Waals surface area contributed by atoms with Gasteiger partial charge in [0.25, 0.3) is 11.8 Å². The van der Waals surface area contributed by atoms with Crippen molar-refractivity contribution in [3.05, 3.63) is 17.8 Å².